The summed E-state index contributed by atoms with van der Waals surface area (Å²) in [5, 5.41) is 12.6. The molecule has 0 amide bonds. The summed E-state index contributed by atoms with van der Waals surface area (Å²) in [6.45, 7) is 8.57. The van der Waals surface area contributed by atoms with Gasteiger partial charge in [0.2, 0.25) is 0 Å². The Labute approximate surface area is 115 Å². The fourth-order valence-electron chi connectivity index (χ4n) is 3.04. The number of aliphatic hydroxyl groups excluding tert-OH is 1. The van der Waals surface area contributed by atoms with E-state index in [0.29, 0.717) is 5.92 Å². The van der Waals surface area contributed by atoms with Crippen molar-refractivity contribution in [2.75, 3.05) is 26.2 Å². The monoisotopic (exact) mass is 270 g/mol. The highest BCUT2D eigenvalue weighted by Gasteiger charge is 2.40. The predicted octanol–water partition coefficient (Wildman–Crippen LogP) is 0.373. The van der Waals surface area contributed by atoms with E-state index in [1.165, 1.54) is 0 Å². The van der Waals surface area contributed by atoms with Gasteiger partial charge in [-0.15, -0.1) is 0 Å². The Morgan fingerprint density at radius 1 is 1.42 bits per heavy atom. The third kappa shape index (κ3) is 3.68. The van der Waals surface area contributed by atoms with Gasteiger partial charge in [-0.05, 0) is 39.5 Å². The first kappa shape index (κ1) is 14.8. The molecule has 0 bridgehead atoms. The summed E-state index contributed by atoms with van der Waals surface area (Å²) in [6.07, 6.45) is 1.93. The standard InChI is InChI=1S/C14H26N2O3/c1-14(2,3)19-13(18)12-11-5-4-10(9-17)8-16(11)7-6-15-12/h10-12,15,17H,4-9H2,1-3H3. The van der Waals surface area contributed by atoms with Gasteiger partial charge in [0.1, 0.15) is 11.6 Å². The summed E-state index contributed by atoms with van der Waals surface area (Å²) in [7, 11) is 0. The topological polar surface area (TPSA) is 61.8 Å². The van der Waals surface area contributed by atoms with Crippen LogP contribution in [0.1, 0.15) is 33.6 Å². The van der Waals surface area contributed by atoms with Crippen LogP contribution >= 0.6 is 0 Å². The maximum absolute atomic E-state index is 12.3. The van der Waals surface area contributed by atoms with Gasteiger partial charge in [-0.2, -0.15) is 0 Å². The highest BCUT2D eigenvalue weighted by Crippen LogP contribution is 2.26. The Balaban J connectivity index is 2.00. The van der Waals surface area contributed by atoms with Crippen molar-refractivity contribution in [3.05, 3.63) is 0 Å². The summed E-state index contributed by atoms with van der Waals surface area (Å²) in [4.78, 5) is 14.6. The molecular formula is C14H26N2O3. The molecular weight excluding hydrogens is 244 g/mol. The molecule has 3 unspecified atom stereocenters. The van der Waals surface area contributed by atoms with E-state index in [1.54, 1.807) is 0 Å². The number of esters is 1. The number of nitrogens with one attached hydrogen (secondary N) is 1. The number of carbonyl (C=O) groups excluding carboxylic acids is 1. The number of aliphatic hydroxyl groups is 1. The van der Waals surface area contributed by atoms with Crippen LogP contribution in [0.5, 0.6) is 0 Å². The zero-order chi connectivity index (χ0) is 14.0. The number of rotatable bonds is 2. The normalized spacial score (nSPS) is 32.7. The SMILES string of the molecule is CC(C)(C)OC(=O)C1NCCN2CC(CO)CCC12. The predicted molar refractivity (Wildman–Crippen MR) is 72.8 cm³/mol. The van der Waals surface area contributed by atoms with Gasteiger partial charge >= 0.3 is 5.97 Å². The lowest BCUT2D eigenvalue weighted by Gasteiger charge is -2.46. The second kappa shape index (κ2) is 5.77. The Hall–Kier alpha value is -0.650. The molecule has 0 aliphatic carbocycles. The van der Waals surface area contributed by atoms with E-state index < -0.39 is 5.60 Å². The smallest absolute Gasteiger partial charge is 0.325 e. The van der Waals surface area contributed by atoms with Crippen molar-refractivity contribution in [1.82, 2.24) is 10.2 Å². The molecule has 0 aromatic heterocycles. The average molecular weight is 270 g/mol. The minimum Gasteiger partial charge on any atom is -0.459 e. The molecule has 2 heterocycles. The van der Waals surface area contributed by atoms with E-state index in [0.717, 1.165) is 32.5 Å². The largest absolute Gasteiger partial charge is 0.459 e. The highest BCUT2D eigenvalue weighted by atomic mass is 16.6. The van der Waals surface area contributed by atoms with E-state index in [1.807, 2.05) is 20.8 Å². The molecule has 0 aromatic carbocycles. The fraction of sp³-hybridized carbons (Fsp3) is 0.929. The van der Waals surface area contributed by atoms with Gasteiger partial charge in [0, 0.05) is 32.3 Å². The maximum atomic E-state index is 12.3. The third-order valence-corrected chi connectivity index (χ3v) is 3.90. The van der Waals surface area contributed by atoms with E-state index in [2.05, 4.69) is 10.2 Å². The van der Waals surface area contributed by atoms with Crippen LogP contribution in [0.2, 0.25) is 0 Å². The van der Waals surface area contributed by atoms with Gasteiger partial charge in [0.25, 0.3) is 0 Å². The Morgan fingerprint density at radius 2 is 2.16 bits per heavy atom. The Morgan fingerprint density at radius 3 is 2.79 bits per heavy atom. The number of piperazine rings is 1. The van der Waals surface area contributed by atoms with Crippen molar-refractivity contribution < 1.29 is 14.6 Å². The van der Waals surface area contributed by atoms with Gasteiger partial charge in [-0.1, -0.05) is 0 Å². The quantitative estimate of drug-likeness (QED) is 0.710. The minimum absolute atomic E-state index is 0.148. The van der Waals surface area contributed by atoms with Crippen LogP contribution in [-0.2, 0) is 9.53 Å². The number of ether oxygens (including phenoxy) is 1. The molecule has 3 atom stereocenters. The Kier molecular flexibility index (Phi) is 4.48. The first-order valence-corrected chi connectivity index (χ1v) is 7.22. The molecule has 2 saturated heterocycles. The summed E-state index contributed by atoms with van der Waals surface area (Å²) in [5.74, 6) is 0.207. The van der Waals surface area contributed by atoms with Crippen LogP contribution in [0.15, 0.2) is 0 Å². The maximum Gasteiger partial charge on any atom is 0.325 e. The summed E-state index contributed by atoms with van der Waals surface area (Å²) < 4.78 is 5.50. The Bertz CT molecular complexity index is 327. The van der Waals surface area contributed by atoms with Gasteiger partial charge in [-0.25, -0.2) is 0 Å². The lowest BCUT2D eigenvalue weighted by molar-refractivity contribution is -0.161. The number of hydrogen-bond donors (Lipinski definition) is 2. The highest BCUT2D eigenvalue weighted by molar-refractivity contribution is 5.77. The lowest BCUT2D eigenvalue weighted by Crippen LogP contribution is -2.64. The summed E-state index contributed by atoms with van der Waals surface area (Å²) in [6, 6.07) is -0.0148. The molecule has 2 N–H and O–H groups in total. The van der Waals surface area contributed by atoms with Crippen LogP contribution in [0, 0.1) is 5.92 Å². The number of hydrogen-bond acceptors (Lipinski definition) is 5. The molecule has 0 saturated carbocycles. The molecule has 0 radical (unpaired) electrons. The third-order valence-electron chi connectivity index (χ3n) is 3.90. The molecule has 2 fully saturated rings. The minimum atomic E-state index is -0.441. The van der Waals surface area contributed by atoms with Crippen molar-refractivity contribution in [1.29, 1.82) is 0 Å². The number of carbonyl (C=O) groups is 1. The van der Waals surface area contributed by atoms with Crippen molar-refractivity contribution in [2.45, 2.75) is 51.3 Å². The van der Waals surface area contributed by atoms with Gasteiger partial charge in [0.15, 0.2) is 0 Å². The number of piperidine rings is 1. The molecule has 2 aliphatic rings. The van der Waals surface area contributed by atoms with Crippen LogP contribution in [0.3, 0.4) is 0 Å². The summed E-state index contributed by atoms with van der Waals surface area (Å²) >= 11 is 0. The van der Waals surface area contributed by atoms with Gasteiger partial charge < -0.3 is 15.2 Å². The molecule has 110 valence electrons. The fourth-order valence-corrected chi connectivity index (χ4v) is 3.04. The van der Waals surface area contributed by atoms with E-state index >= 15 is 0 Å². The van der Waals surface area contributed by atoms with Crippen LogP contribution < -0.4 is 5.32 Å². The van der Waals surface area contributed by atoms with E-state index in [-0.39, 0.29) is 24.7 Å². The zero-order valence-electron chi connectivity index (χ0n) is 12.2. The van der Waals surface area contributed by atoms with Crippen molar-refractivity contribution in [3.8, 4) is 0 Å². The second-order valence-corrected chi connectivity index (χ2v) is 6.65. The van der Waals surface area contributed by atoms with Gasteiger partial charge in [-0.3, -0.25) is 9.69 Å². The van der Waals surface area contributed by atoms with E-state index in [4.69, 9.17) is 4.74 Å². The molecule has 2 rings (SSSR count). The molecule has 5 heteroatoms. The van der Waals surface area contributed by atoms with Crippen molar-refractivity contribution in [3.63, 3.8) is 0 Å². The van der Waals surface area contributed by atoms with Crippen LogP contribution in [0.4, 0.5) is 0 Å². The van der Waals surface area contributed by atoms with Crippen molar-refractivity contribution in [2.24, 2.45) is 5.92 Å². The zero-order valence-corrected chi connectivity index (χ0v) is 12.2. The van der Waals surface area contributed by atoms with Crippen LogP contribution in [-0.4, -0.2) is 59.9 Å². The number of fused-ring (bicyclic) bond motifs is 1. The van der Waals surface area contributed by atoms with Gasteiger partial charge in [0.05, 0.1) is 0 Å². The number of nitrogens with zero attached hydrogens (tertiary/aromatic N) is 1. The summed E-state index contributed by atoms with van der Waals surface area (Å²) in [5.41, 5.74) is -0.441. The van der Waals surface area contributed by atoms with E-state index in [9.17, 15) is 9.90 Å². The van der Waals surface area contributed by atoms with Crippen molar-refractivity contribution >= 4 is 5.97 Å². The molecule has 19 heavy (non-hydrogen) atoms. The second-order valence-electron chi connectivity index (χ2n) is 6.65. The lowest BCUT2D eigenvalue weighted by atomic mass is 9.88. The molecule has 0 aromatic rings. The molecule has 2 aliphatic heterocycles. The average Bonchev–Trinajstić information content (AvgIpc) is 2.35. The molecule has 5 nitrogen and oxygen atoms in total. The first-order valence-electron chi connectivity index (χ1n) is 7.22. The molecule has 0 spiro atoms. The first-order chi connectivity index (χ1) is 8.90. The van der Waals surface area contributed by atoms with Crippen LogP contribution in [0.25, 0.3) is 0 Å².